The summed E-state index contributed by atoms with van der Waals surface area (Å²) >= 11 is 0. The predicted molar refractivity (Wildman–Crippen MR) is 82.7 cm³/mol. The standard InChI is InChI=1S/C16H15F3N2O3/c17-16(18,19)14-10-13(6-7-15(14)21(23)24)20(8-9-22)11-12-4-2-1-3-5-12/h1-7,10,22H,8-9,11H2. The lowest BCUT2D eigenvalue weighted by molar-refractivity contribution is -0.388. The van der Waals surface area contributed by atoms with Gasteiger partial charge in [-0.3, -0.25) is 10.1 Å². The number of hydrogen-bond acceptors (Lipinski definition) is 4. The van der Waals surface area contributed by atoms with Crippen molar-refractivity contribution < 1.29 is 23.2 Å². The Labute approximate surface area is 136 Å². The minimum Gasteiger partial charge on any atom is -0.395 e. The molecule has 0 heterocycles. The lowest BCUT2D eigenvalue weighted by atomic mass is 10.1. The summed E-state index contributed by atoms with van der Waals surface area (Å²) in [6, 6.07) is 11.9. The lowest BCUT2D eigenvalue weighted by Gasteiger charge is -2.25. The average molecular weight is 340 g/mol. The van der Waals surface area contributed by atoms with Gasteiger partial charge in [-0.1, -0.05) is 30.3 Å². The molecule has 0 amide bonds. The molecule has 24 heavy (non-hydrogen) atoms. The van der Waals surface area contributed by atoms with Crippen LogP contribution in [0, 0.1) is 10.1 Å². The summed E-state index contributed by atoms with van der Waals surface area (Å²) in [7, 11) is 0. The number of anilines is 1. The van der Waals surface area contributed by atoms with Gasteiger partial charge < -0.3 is 10.0 Å². The molecule has 0 aliphatic heterocycles. The first kappa shape index (κ1) is 17.7. The normalized spacial score (nSPS) is 11.3. The van der Waals surface area contributed by atoms with Crippen molar-refractivity contribution in [3.8, 4) is 0 Å². The molecule has 2 aromatic rings. The Bertz CT molecular complexity index is 705. The van der Waals surface area contributed by atoms with E-state index < -0.39 is 22.4 Å². The van der Waals surface area contributed by atoms with Crippen LogP contribution >= 0.6 is 0 Å². The van der Waals surface area contributed by atoms with Crippen molar-refractivity contribution in [1.82, 2.24) is 0 Å². The molecular weight excluding hydrogens is 325 g/mol. The number of nitro benzene ring substituents is 1. The molecule has 2 rings (SSSR count). The summed E-state index contributed by atoms with van der Waals surface area (Å²) in [6.45, 7) is 0.117. The van der Waals surface area contributed by atoms with Gasteiger partial charge in [0, 0.05) is 24.8 Å². The largest absolute Gasteiger partial charge is 0.423 e. The van der Waals surface area contributed by atoms with Crippen LogP contribution in [0.25, 0.3) is 0 Å². The second-order valence-electron chi connectivity index (χ2n) is 5.09. The minimum atomic E-state index is -4.84. The van der Waals surface area contributed by atoms with Crippen molar-refractivity contribution in [3.05, 3.63) is 69.8 Å². The van der Waals surface area contributed by atoms with Gasteiger partial charge in [-0.05, 0) is 17.7 Å². The van der Waals surface area contributed by atoms with Gasteiger partial charge in [0.1, 0.15) is 5.56 Å². The zero-order chi connectivity index (χ0) is 17.7. The Morgan fingerprint density at radius 1 is 1.12 bits per heavy atom. The van der Waals surface area contributed by atoms with Gasteiger partial charge in [-0.2, -0.15) is 13.2 Å². The minimum absolute atomic E-state index is 0.101. The molecule has 0 bridgehead atoms. The molecule has 1 N–H and O–H groups in total. The molecule has 0 fully saturated rings. The first-order chi connectivity index (χ1) is 11.3. The highest BCUT2D eigenvalue weighted by Crippen LogP contribution is 2.38. The fourth-order valence-corrected chi connectivity index (χ4v) is 2.33. The zero-order valence-corrected chi connectivity index (χ0v) is 12.5. The van der Waals surface area contributed by atoms with E-state index in [1.165, 1.54) is 11.0 Å². The van der Waals surface area contributed by atoms with Gasteiger partial charge in [0.05, 0.1) is 11.5 Å². The highest BCUT2D eigenvalue weighted by atomic mass is 19.4. The van der Waals surface area contributed by atoms with Gasteiger partial charge in [0.15, 0.2) is 0 Å². The molecule has 0 unspecified atom stereocenters. The second-order valence-corrected chi connectivity index (χ2v) is 5.09. The third kappa shape index (κ3) is 4.23. The molecule has 128 valence electrons. The van der Waals surface area contributed by atoms with Crippen molar-refractivity contribution in [1.29, 1.82) is 0 Å². The van der Waals surface area contributed by atoms with E-state index in [1.807, 2.05) is 6.07 Å². The van der Waals surface area contributed by atoms with E-state index in [0.29, 0.717) is 0 Å². The SMILES string of the molecule is O=[N+]([O-])c1ccc(N(CCO)Cc2ccccc2)cc1C(F)(F)F. The maximum Gasteiger partial charge on any atom is 0.423 e. The van der Waals surface area contributed by atoms with Gasteiger partial charge >= 0.3 is 6.18 Å². The van der Waals surface area contributed by atoms with Crippen LogP contribution in [-0.4, -0.2) is 23.2 Å². The maximum absolute atomic E-state index is 13.1. The molecule has 0 aliphatic carbocycles. The number of alkyl halides is 3. The molecular formula is C16H15F3N2O3. The number of benzene rings is 2. The molecule has 0 saturated heterocycles. The lowest BCUT2D eigenvalue weighted by Crippen LogP contribution is -2.26. The van der Waals surface area contributed by atoms with E-state index in [4.69, 9.17) is 0 Å². The summed E-state index contributed by atoms with van der Waals surface area (Å²) in [5, 5.41) is 20.0. The van der Waals surface area contributed by atoms with E-state index in [-0.39, 0.29) is 25.4 Å². The Morgan fingerprint density at radius 3 is 2.33 bits per heavy atom. The number of aliphatic hydroxyl groups excluding tert-OH is 1. The third-order valence-corrected chi connectivity index (χ3v) is 3.43. The number of hydrogen-bond donors (Lipinski definition) is 1. The van der Waals surface area contributed by atoms with Crippen LogP contribution in [0.15, 0.2) is 48.5 Å². The number of aliphatic hydroxyl groups is 1. The smallest absolute Gasteiger partial charge is 0.395 e. The number of halogens is 3. The number of nitrogens with zero attached hydrogens (tertiary/aromatic N) is 2. The molecule has 0 aliphatic rings. The second kappa shape index (κ2) is 7.31. The summed E-state index contributed by atoms with van der Waals surface area (Å²) in [5.41, 5.74) is -1.29. The van der Waals surface area contributed by atoms with Gasteiger partial charge in [0.2, 0.25) is 0 Å². The van der Waals surface area contributed by atoms with Gasteiger partial charge in [-0.25, -0.2) is 0 Å². The highest BCUT2D eigenvalue weighted by Gasteiger charge is 2.38. The van der Waals surface area contributed by atoms with Crippen LogP contribution in [0.3, 0.4) is 0 Å². The number of nitro groups is 1. The summed E-state index contributed by atoms with van der Waals surface area (Å²) in [4.78, 5) is 11.3. The Hall–Kier alpha value is -2.61. The first-order valence-corrected chi connectivity index (χ1v) is 7.08. The topological polar surface area (TPSA) is 66.6 Å². The van der Waals surface area contributed by atoms with Crippen molar-refractivity contribution in [2.75, 3.05) is 18.1 Å². The first-order valence-electron chi connectivity index (χ1n) is 7.08. The van der Waals surface area contributed by atoms with Crippen molar-refractivity contribution in [3.63, 3.8) is 0 Å². The fraction of sp³-hybridized carbons (Fsp3) is 0.250. The molecule has 0 saturated carbocycles. The fourth-order valence-electron chi connectivity index (χ4n) is 2.33. The van der Waals surface area contributed by atoms with Crippen LogP contribution in [-0.2, 0) is 12.7 Å². The molecule has 8 heteroatoms. The summed E-state index contributed by atoms with van der Waals surface area (Å²) in [5.74, 6) is 0. The Kier molecular flexibility index (Phi) is 5.40. The van der Waals surface area contributed by atoms with E-state index in [2.05, 4.69) is 0 Å². The van der Waals surface area contributed by atoms with Crippen molar-refractivity contribution in [2.24, 2.45) is 0 Å². The third-order valence-electron chi connectivity index (χ3n) is 3.43. The average Bonchev–Trinajstić information content (AvgIpc) is 2.54. The van der Waals surface area contributed by atoms with E-state index in [9.17, 15) is 28.4 Å². The van der Waals surface area contributed by atoms with Crippen molar-refractivity contribution >= 4 is 11.4 Å². The van der Waals surface area contributed by atoms with Crippen LogP contribution in [0.2, 0.25) is 0 Å². The monoisotopic (exact) mass is 340 g/mol. The Morgan fingerprint density at radius 2 is 1.79 bits per heavy atom. The van der Waals surface area contributed by atoms with Crippen LogP contribution < -0.4 is 4.90 Å². The quantitative estimate of drug-likeness (QED) is 0.644. The molecule has 0 radical (unpaired) electrons. The highest BCUT2D eigenvalue weighted by molar-refractivity contribution is 5.57. The number of rotatable bonds is 6. The zero-order valence-electron chi connectivity index (χ0n) is 12.5. The van der Waals surface area contributed by atoms with Crippen LogP contribution in [0.1, 0.15) is 11.1 Å². The van der Waals surface area contributed by atoms with Crippen LogP contribution in [0.4, 0.5) is 24.5 Å². The molecule has 0 atom stereocenters. The van der Waals surface area contributed by atoms with Gasteiger partial charge in [-0.15, -0.1) is 0 Å². The summed E-state index contributed by atoms with van der Waals surface area (Å²) < 4.78 is 39.3. The van der Waals surface area contributed by atoms with Gasteiger partial charge in [0.25, 0.3) is 5.69 Å². The van der Waals surface area contributed by atoms with Crippen molar-refractivity contribution in [2.45, 2.75) is 12.7 Å². The maximum atomic E-state index is 13.1. The van der Waals surface area contributed by atoms with E-state index >= 15 is 0 Å². The Balaban J connectivity index is 2.41. The van der Waals surface area contributed by atoms with E-state index in [1.54, 1.807) is 24.3 Å². The predicted octanol–water partition coefficient (Wildman–Crippen LogP) is 3.61. The molecule has 0 aromatic heterocycles. The van der Waals surface area contributed by atoms with E-state index in [0.717, 1.165) is 17.7 Å². The molecule has 0 spiro atoms. The van der Waals surface area contributed by atoms with Crippen LogP contribution in [0.5, 0.6) is 0 Å². The molecule has 2 aromatic carbocycles. The molecule has 5 nitrogen and oxygen atoms in total. The summed E-state index contributed by atoms with van der Waals surface area (Å²) in [6.07, 6.45) is -4.84.